The second kappa shape index (κ2) is 5.50. The van der Waals surface area contributed by atoms with Gasteiger partial charge in [0.15, 0.2) is 0 Å². The highest BCUT2D eigenvalue weighted by molar-refractivity contribution is 4.88. The Kier molecular flexibility index (Phi) is 4.81. The van der Waals surface area contributed by atoms with Crippen LogP contribution in [0.2, 0.25) is 0 Å². The van der Waals surface area contributed by atoms with Crippen LogP contribution in [0.5, 0.6) is 0 Å². The molecule has 0 aromatic rings. The summed E-state index contributed by atoms with van der Waals surface area (Å²) in [5.41, 5.74) is 0.521. The number of nitrogens with one attached hydrogen (secondary N) is 1. The lowest BCUT2D eigenvalue weighted by Gasteiger charge is -2.41. The Labute approximate surface area is 101 Å². The lowest BCUT2D eigenvalue weighted by molar-refractivity contribution is -0.0935. The summed E-state index contributed by atoms with van der Waals surface area (Å²) in [6.45, 7) is 13.4. The molecule has 0 aliphatic carbocycles. The molecule has 0 radical (unpaired) electrons. The average molecular weight is 227 g/mol. The van der Waals surface area contributed by atoms with Crippen LogP contribution < -0.4 is 5.32 Å². The summed E-state index contributed by atoms with van der Waals surface area (Å²) >= 11 is 0. The van der Waals surface area contributed by atoms with Crippen molar-refractivity contribution in [3.05, 3.63) is 0 Å². The summed E-state index contributed by atoms with van der Waals surface area (Å²) in [5, 5.41) is 3.70. The molecule has 1 aliphatic heterocycles. The Morgan fingerprint density at radius 3 is 2.38 bits per heavy atom. The molecule has 1 rings (SSSR count). The minimum absolute atomic E-state index is 0.147. The fourth-order valence-electron chi connectivity index (χ4n) is 2.40. The van der Waals surface area contributed by atoms with E-state index in [0.717, 1.165) is 32.4 Å². The monoisotopic (exact) mass is 227 g/mol. The summed E-state index contributed by atoms with van der Waals surface area (Å²) in [6.07, 6.45) is 4.61. The lowest BCUT2D eigenvalue weighted by Crippen LogP contribution is -2.48. The van der Waals surface area contributed by atoms with Gasteiger partial charge in [-0.15, -0.1) is 0 Å². The summed E-state index contributed by atoms with van der Waals surface area (Å²) in [4.78, 5) is 0. The maximum absolute atomic E-state index is 5.99. The van der Waals surface area contributed by atoms with Gasteiger partial charge in [-0.05, 0) is 31.1 Å². The van der Waals surface area contributed by atoms with Crippen LogP contribution >= 0.6 is 0 Å². The zero-order valence-corrected chi connectivity index (χ0v) is 11.7. The van der Waals surface area contributed by atoms with E-state index in [1.807, 2.05) is 0 Å². The first-order valence-electron chi connectivity index (χ1n) is 6.78. The molecule has 1 unspecified atom stereocenters. The third-order valence-corrected chi connectivity index (χ3v) is 3.70. The van der Waals surface area contributed by atoms with Gasteiger partial charge in [0.05, 0.1) is 5.60 Å². The first-order chi connectivity index (χ1) is 7.41. The Morgan fingerprint density at radius 1 is 1.25 bits per heavy atom. The number of ether oxygens (including phenoxy) is 1. The van der Waals surface area contributed by atoms with Crippen molar-refractivity contribution in [2.75, 3.05) is 13.2 Å². The van der Waals surface area contributed by atoms with E-state index in [4.69, 9.17) is 4.74 Å². The van der Waals surface area contributed by atoms with Crippen LogP contribution in [-0.2, 0) is 4.74 Å². The molecule has 2 heteroatoms. The zero-order chi connectivity index (χ0) is 12.2. The van der Waals surface area contributed by atoms with Crippen LogP contribution in [0, 0.1) is 5.41 Å². The van der Waals surface area contributed by atoms with Gasteiger partial charge in [0.25, 0.3) is 0 Å². The Bertz CT molecular complexity index is 203. The standard InChI is InChI=1S/C14H29NO/c1-6-14(7-2)10-12(8-9-16-14)15-11-13(3,4)5/h12,15H,6-11H2,1-5H3. The van der Waals surface area contributed by atoms with Crippen LogP contribution in [0.1, 0.15) is 60.3 Å². The summed E-state index contributed by atoms with van der Waals surface area (Å²) < 4.78 is 5.99. The van der Waals surface area contributed by atoms with Gasteiger partial charge in [-0.25, -0.2) is 0 Å². The van der Waals surface area contributed by atoms with E-state index in [1.54, 1.807) is 0 Å². The van der Waals surface area contributed by atoms with E-state index in [2.05, 4.69) is 39.9 Å². The van der Waals surface area contributed by atoms with Gasteiger partial charge in [0.2, 0.25) is 0 Å². The second-order valence-corrected chi connectivity index (χ2v) is 6.37. The molecule has 16 heavy (non-hydrogen) atoms. The predicted octanol–water partition coefficient (Wildman–Crippen LogP) is 3.36. The van der Waals surface area contributed by atoms with Crippen LogP contribution in [0.4, 0.5) is 0 Å². The molecule has 0 amide bonds. The SMILES string of the molecule is CCC1(CC)CC(NCC(C)(C)C)CCO1. The number of hydrogen-bond acceptors (Lipinski definition) is 2. The van der Waals surface area contributed by atoms with Gasteiger partial charge in [0.1, 0.15) is 0 Å². The first-order valence-corrected chi connectivity index (χ1v) is 6.78. The van der Waals surface area contributed by atoms with Crippen molar-refractivity contribution in [1.29, 1.82) is 0 Å². The van der Waals surface area contributed by atoms with Crippen molar-refractivity contribution in [3.63, 3.8) is 0 Å². The molecule has 0 saturated carbocycles. The molecule has 1 heterocycles. The Morgan fingerprint density at radius 2 is 1.88 bits per heavy atom. The van der Waals surface area contributed by atoms with Gasteiger partial charge in [-0.1, -0.05) is 34.6 Å². The molecule has 1 N–H and O–H groups in total. The molecular weight excluding hydrogens is 198 g/mol. The maximum Gasteiger partial charge on any atom is 0.0692 e. The lowest BCUT2D eigenvalue weighted by atomic mass is 9.85. The van der Waals surface area contributed by atoms with Crippen molar-refractivity contribution < 1.29 is 4.74 Å². The van der Waals surface area contributed by atoms with E-state index < -0.39 is 0 Å². The fraction of sp³-hybridized carbons (Fsp3) is 1.00. The molecule has 0 bridgehead atoms. The molecule has 1 aliphatic rings. The quantitative estimate of drug-likeness (QED) is 0.795. The third kappa shape index (κ3) is 4.06. The summed E-state index contributed by atoms with van der Waals surface area (Å²) in [5.74, 6) is 0. The van der Waals surface area contributed by atoms with E-state index in [1.165, 1.54) is 6.42 Å². The molecule has 1 fully saturated rings. The normalized spacial score (nSPS) is 25.7. The third-order valence-electron chi connectivity index (χ3n) is 3.70. The number of rotatable bonds is 4. The van der Waals surface area contributed by atoms with Crippen LogP contribution in [0.3, 0.4) is 0 Å². The van der Waals surface area contributed by atoms with E-state index >= 15 is 0 Å². The smallest absolute Gasteiger partial charge is 0.0692 e. The van der Waals surface area contributed by atoms with Gasteiger partial charge < -0.3 is 10.1 Å². The van der Waals surface area contributed by atoms with E-state index in [-0.39, 0.29) is 5.60 Å². The van der Waals surface area contributed by atoms with Crippen LogP contribution in [-0.4, -0.2) is 24.8 Å². The largest absolute Gasteiger partial charge is 0.375 e. The maximum atomic E-state index is 5.99. The number of hydrogen-bond donors (Lipinski definition) is 1. The Balaban J connectivity index is 2.44. The zero-order valence-electron chi connectivity index (χ0n) is 11.7. The molecule has 0 spiro atoms. The van der Waals surface area contributed by atoms with Crippen molar-refractivity contribution >= 4 is 0 Å². The highest BCUT2D eigenvalue weighted by Gasteiger charge is 2.34. The molecule has 1 saturated heterocycles. The molecule has 96 valence electrons. The molecule has 2 nitrogen and oxygen atoms in total. The first kappa shape index (κ1) is 14.0. The molecule has 0 aromatic carbocycles. The summed E-state index contributed by atoms with van der Waals surface area (Å²) in [7, 11) is 0. The van der Waals surface area contributed by atoms with Crippen LogP contribution in [0.25, 0.3) is 0 Å². The second-order valence-electron chi connectivity index (χ2n) is 6.37. The summed E-state index contributed by atoms with van der Waals surface area (Å²) in [6, 6.07) is 0.646. The minimum atomic E-state index is 0.147. The van der Waals surface area contributed by atoms with E-state index in [9.17, 15) is 0 Å². The van der Waals surface area contributed by atoms with Crippen molar-refractivity contribution in [1.82, 2.24) is 5.32 Å². The average Bonchev–Trinajstić information content (AvgIpc) is 2.26. The van der Waals surface area contributed by atoms with Crippen molar-refractivity contribution in [2.45, 2.75) is 71.9 Å². The molecular formula is C14H29NO. The topological polar surface area (TPSA) is 21.3 Å². The van der Waals surface area contributed by atoms with Gasteiger partial charge in [-0.2, -0.15) is 0 Å². The van der Waals surface area contributed by atoms with Crippen molar-refractivity contribution in [3.8, 4) is 0 Å². The molecule has 0 aromatic heterocycles. The fourth-order valence-corrected chi connectivity index (χ4v) is 2.40. The van der Waals surface area contributed by atoms with E-state index in [0.29, 0.717) is 11.5 Å². The van der Waals surface area contributed by atoms with Gasteiger partial charge in [-0.3, -0.25) is 0 Å². The highest BCUT2D eigenvalue weighted by atomic mass is 16.5. The predicted molar refractivity (Wildman–Crippen MR) is 69.7 cm³/mol. The minimum Gasteiger partial charge on any atom is -0.375 e. The van der Waals surface area contributed by atoms with Gasteiger partial charge in [0, 0.05) is 19.2 Å². The van der Waals surface area contributed by atoms with Crippen molar-refractivity contribution in [2.24, 2.45) is 5.41 Å². The van der Waals surface area contributed by atoms with Gasteiger partial charge >= 0.3 is 0 Å². The molecule has 1 atom stereocenters. The highest BCUT2D eigenvalue weighted by Crippen LogP contribution is 2.31. The van der Waals surface area contributed by atoms with Crippen LogP contribution in [0.15, 0.2) is 0 Å². The Hall–Kier alpha value is -0.0800.